The van der Waals surface area contributed by atoms with Gasteiger partial charge < -0.3 is 33.8 Å². The lowest BCUT2D eigenvalue weighted by atomic mass is 10.0. The molecule has 0 saturated heterocycles. The molecule has 0 amide bonds. The highest BCUT2D eigenvalue weighted by Gasteiger charge is 2.30. The Labute approximate surface area is 588 Å². The number of hydrogen-bond donors (Lipinski definition) is 3. The van der Waals surface area contributed by atoms with Crippen LogP contribution in [0.2, 0.25) is 0 Å². The number of ether oxygens (including phenoxy) is 4. The van der Waals surface area contributed by atoms with Crippen LogP contribution in [-0.4, -0.2) is 96.7 Å². The van der Waals surface area contributed by atoms with Gasteiger partial charge in [0, 0.05) is 25.7 Å². The predicted octanol–water partition coefficient (Wildman–Crippen LogP) is 22.7. The summed E-state index contributed by atoms with van der Waals surface area (Å²) in [4.78, 5) is 72.7. The van der Waals surface area contributed by atoms with Crippen molar-refractivity contribution in [2.75, 3.05) is 39.6 Å². The maximum Gasteiger partial charge on any atom is 0.472 e. The molecule has 19 heteroatoms. The Hall–Kier alpha value is -1.94. The second-order valence-corrected chi connectivity index (χ2v) is 31.6. The molecule has 0 aromatic heterocycles. The number of aliphatic hydroxyl groups is 1. The molecule has 5 atom stereocenters. The zero-order valence-electron chi connectivity index (χ0n) is 62.7. The molecule has 0 aliphatic rings. The van der Waals surface area contributed by atoms with Crippen LogP contribution in [0.4, 0.5) is 0 Å². The molecule has 0 aromatic rings. The van der Waals surface area contributed by atoms with E-state index in [0.29, 0.717) is 25.7 Å². The molecule has 3 N–H and O–H groups in total. The van der Waals surface area contributed by atoms with Crippen LogP contribution in [0.5, 0.6) is 0 Å². The van der Waals surface area contributed by atoms with Crippen molar-refractivity contribution in [1.82, 2.24) is 0 Å². The third-order valence-corrected chi connectivity index (χ3v) is 19.9. The monoisotopic (exact) mass is 1410 g/mol. The molecule has 96 heavy (non-hydrogen) atoms. The van der Waals surface area contributed by atoms with Gasteiger partial charge in [-0.1, -0.05) is 350 Å². The standard InChI is InChI=1S/C77H150O17P2/c1-7-9-11-13-15-16-17-18-23-27-30-36-42-48-54-60-75(80)88-66-73(94-76(81)61-55-49-43-37-31-28-25-22-20-19-21-24-26-29-34-40-45-51-57-69(3)4)68-92-96(85,86)90-64-71(78)63-89-95(83,84)91-67-72(65-87-74(79)59-53-47-39-14-12-10-8-2)93-77(82)62-56-50-44-38-33-32-35-41-46-52-58-70(5)6/h69-73,78H,7-68H2,1-6H3,(H,83,84)(H,85,86)/t71-,72+,73+/m0/s1. The number of carbonyl (C=O) groups is 4. The minimum Gasteiger partial charge on any atom is -0.462 e. The third-order valence-electron chi connectivity index (χ3n) is 18.0. The average Bonchev–Trinajstić information content (AvgIpc) is 1.48. The molecule has 0 bridgehead atoms. The first kappa shape index (κ1) is 94.1. The van der Waals surface area contributed by atoms with E-state index in [4.69, 9.17) is 37.0 Å². The number of hydrogen-bond acceptors (Lipinski definition) is 15. The smallest absolute Gasteiger partial charge is 0.462 e. The lowest BCUT2D eigenvalue weighted by molar-refractivity contribution is -0.161. The Morgan fingerprint density at radius 1 is 0.281 bits per heavy atom. The van der Waals surface area contributed by atoms with Crippen LogP contribution in [-0.2, 0) is 65.4 Å². The van der Waals surface area contributed by atoms with E-state index in [2.05, 4.69) is 41.5 Å². The lowest BCUT2D eigenvalue weighted by Crippen LogP contribution is -2.30. The first-order chi connectivity index (χ1) is 46.4. The topological polar surface area (TPSA) is 237 Å². The minimum absolute atomic E-state index is 0.106. The van der Waals surface area contributed by atoms with Crippen LogP contribution in [0.25, 0.3) is 0 Å². The van der Waals surface area contributed by atoms with Gasteiger partial charge in [-0.3, -0.25) is 37.3 Å². The van der Waals surface area contributed by atoms with E-state index >= 15 is 0 Å². The van der Waals surface area contributed by atoms with Crippen LogP contribution >= 0.6 is 15.6 Å². The third kappa shape index (κ3) is 70.5. The fraction of sp³-hybridized carbons (Fsp3) is 0.948. The molecule has 17 nitrogen and oxygen atoms in total. The number of unbranched alkanes of at least 4 members (excludes halogenated alkanes) is 46. The van der Waals surface area contributed by atoms with Gasteiger partial charge in [-0.05, 0) is 37.5 Å². The highest BCUT2D eigenvalue weighted by Crippen LogP contribution is 2.45. The summed E-state index contributed by atoms with van der Waals surface area (Å²) < 4.78 is 68.4. The highest BCUT2D eigenvalue weighted by atomic mass is 31.2. The molecule has 0 radical (unpaired) electrons. The Morgan fingerprint density at radius 2 is 0.479 bits per heavy atom. The molecule has 0 saturated carbocycles. The van der Waals surface area contributed by atoms with Crippen molar-refractivity contribution in [1.29, 1.82) is 0 Å². The van der Waals surface area contributed by atoms with Crippen molar-refractivity contribution in [3.05, 3.63) is 0 Å². The van der Waals surface area contributed by atoms with Crippen molar-refractivity contribution in [2.45, 2.75) is 419 Å². The largest absolute Gasteiger partial charge is 0.472 e. The maximum absolute atomic E-state index is 13.1. The normalized spacial score (nSPS) is 14.0. The van der Waals surface area contributed by atoms with Gasteiger partial charge in [0.2, 0.25) is 0 Å². The van der Waals surface area contributed by atoms with Crippen molar-refractivity contribution < 1.29 is 80.2 Å². The van der Waals surface area contributed by atoms with Gasteiger partial charge in [0.1, 0.15) is 19.3 Å². The van der Waals surface area contributed by atoms with Gasteiger partial charge >= 0.3 is 39.5 Å². The summed E-state index contributed by atoms with van der Waals surface area (Å²) in [6.45, 7) is 9.59. The van der Waals surface area contributed by atoms with Gasteiger partial charge in [0.15, 0.2) is 12.2 Å². The van der Waals surface area contributed by atoms with Crippen LogP contribution in [0.3, 0.4) is 0 Å². The van der Waals surface area contributed by atoms with E-state index in [1.54, 1.807) is 0 Å². The van der Waals surface area contributed by atoms with E-state index in [-0.39, 0.29) is 25.7 Å². The Balaban J connectivity index is 5.17. The number of phosphoric ester groups is 2. The zero-order valence-corrected chi connectivity index (χ0v) is 64.5. The summed E-state index contributed by atoms with van der Waals surface area (Å²) in [6, 6.07) is 0. The van der Waals surface area contributed by atoms with Crippen LogP contribution in [0, 0.1) is 11.8 Å². The molecular weight excluding hydrogens is 1260 g/mol. The Kier molecular flexibility index (Phi) is 67.4. The fourth-order valence-electron chi connectivity index (χ4n) is 11.8. The summed E-state index contributed by atoms with van der Waals surface area (Å²) in [7, 11) is -9.91. The molecule has 570 valence electrons. The molecule has 0 aromatic carbocycles. The fourth-order valence-corrected chi connectivity index (χ4v) is 13.4. The van der Waals surface area contributed by atoms with Crippen LogP contribution in [0.1, 0.15) is 401 Å². The van der Waals surface area contributed by atoms with Gasteiger partial charge in [-0.2, -0.15) is 0 Å². The molecule has 0 rings (SSSR count). The summed E-state index contributed by atoms with van der Waals surface area (Å²) >= 11 is 0. The second kappa shape index (κ2) is 68.8. The molecule has 0 fully saturated rings. The van der Waals surface area contributed by atoms with E-state index < -0.39 is 97.5 Å². The number of phosphoric acid groups is 2. The molecule has 0 heterocycles. The first-order valence-electron chi connectivity index (χ1n) is 40.0. The second-order valence-electron chi connectivity index (χ2n) is 28.7. The average molecular weight is 1410 g/mol. The molecule has 0 aliphatic carbocycles. The number of esters is 4. The van der Waals surface area contributed by atoms with Crippen LogP contribution < -0.4 is 0 Å². The van der Waals surface area contributed by atoms with Gasteiger partial charge in [-0.15, -0.1) is 0 Å². The van der Waals surface area contributed by atoms with E-state index in [9.17, 15) is 43.2 Å². The lowest BCUT2D eigenvalue weighted by Gasteiger charge is -2.21. The Morgan fingerprint density at radius 3 is 0.708 bits per heavy atom. The quantitative estimate of drug-likeness (QED) is 0.0222. The van der Waals surface area contributed by atoms with Gasteiger partial charge in [0.25, 0.3) is 0 Å². The predicted molar refractivity (Wildman–Crippen MR) is 391 cm³/mol. The molecule has 2 unspecified atom stereocenters. The summed E-state index contributed by atoms with van der Waals surface area (Å²) in [5.41, 5.74) is 0. The number of rotatable bonds is 76. The number of aliphatic hydroxyl groups excluding tert-OH is 1. The minimum atomic E-state index is -4.96. The molecular formula is C77H150O17P2. The van der Waals surface area contributed by atoms with E-state index in [0.717, 1.165) is 115 Å². The van der Waals surface area contributed by atoms with E-state index in [1.165, 1.54) is 205 Å². The Bertz CT molecular complexity index is 1860. The van der Waals surface area contributed by atoms with Crippen molar-refractivity contribution in [3.8, 4) is 0 Å². The van der Waals surface area contributed by atoms with Crippen molar-refractivity contribution in [3.63, 3.8) is 0 Å². The van der Waals surface area contributed by atoms with Gasteiger partial charge in [-0.25, -0.2) is 9.13 Å². The first-order valence-corrected chi connectivity index (χ1v) is 43.0. The van der Waals surface area contributed by atoms with Crippen molar-refractivity contribution >= 4 is 39.5 Å². The van der Waals surface area contributed by atoms with E-state index in [1.807, 2.05) is 0 Å². The highest BCUT2D eigenvalue weighted by molar-refractivity contribution is 7.47. The maximum atomic E-state index is 13.1. The summed E-state index contributed by atoms with van der Waals surface area (Å²) in [5.74, 6) is -0.546. The summed E-state index contributed by atoms with van der Waals surface area (Å²) in [5, 5.41) is 10.6. The molecule has 0 spiro atoms. The van der Waals surface area contributed by atoms with Crippen LogP contribution in [0.15, 0.2) is 0 Å². The SMILES string of the molecule is CCCCCCCCCCCCCCCCCC(=O)OC[C@H](COP(=O)(O)OC[C@@H](O)COP(=O)(O)OC[C@@H](COC(=O)CCCCCCCCC)OC(=O)CCCCCCCCCCCCC(C)C)OC(=O)CCCCCCCCCCCCCCCCCCCCC(C)C. The molecule has 0 aliphatic heterocycles. The van der Waals surface area contributed by atoms with Gasteiger partial charge in [0.05, 0.1) is 26.4 Å². The van der Waals surface area contributed by atoms with Crippen molar-refractivity contribution in [2.24, 2.45) is 11.8 Å². The summed E-state index contributed by atoms with van der Waals surface area (Å²) in [6.07, 6.45) is 57.1. The number of carbonyl (C=O) groups excluding carboxylic acids is 4. The zero-order chi connectivity index (χ0) is 70.7.